The van der Waals surface area contributed by atoms with Gasteiger partial charge in [-0.2, -0.15) is 0 Å². The summed E-state index contributed by atoms with van der Waals surface area (Å²) >= 11 is 3.16. The van der Waals surface area contributed by atoms with Gasteiger partial charge in [-0.15, -0.1) is 0 Å². The highest BCUT2D eigenvalue weighted by Crippen LogP contribution is 2.21. The summed E-state index contributed by atoms with van der Waals surface area (Å²) in [6.07, 6.45) is 0. The first-order valence-corrected chi connectivity index (χ1v) is 6.24. The Bertz CT molecular complexity index is 429. The van der Waals surface area contributed by atoms with E-state index in [0.717, 1.165) is 0 Å². The highest BCUT2D eigenvalue weighted by molar-refractivity contribution is 9.10. The van der Waals surface area contributed by atoms with E-state index in [1.807, 2.05) is 6.92 Å². The number of amides is 1. The van der Waals surface area contributed by atoms with Crippen molar-refractivity contribution in [3.63, 3.8) is 0 Å². The molecule has 4 nitrogen and oxygen atoms in total. The smallest absolute Gasteiger partial charge is 0.239 e. The third-order valence-corrected chi connectivity index (χ3v) is 2.92. The highest BCUT2D eigenvalue weighted by atomic mass is 79.9. The number of halogens is 2. The fourth-order valence-electron chi connectivity index (χ4n) is 1.64. The number of methoxy groups -OCH3 is 1. The van der Waals surface area contributed by atoms with Crippen LogP contribution in [0.1, 0.15) is 18.5 Å². The van der Waals surface area contributed by atoms with Crippen LogP contribution in [0.5, 0.6) is 0 Å². The molecule has 0 fully saturated rings. The molecule has 1 aromatic carbocycles. The molecule has 1 rings (SSSR count). The Morgan fingerprint density at radius 3 is 2.78 bits per heavy atom. The summed E-state index contributed by atoms with van der Waals surface area (Å²) in [5.74, 6) is -1.11. The molecule has 6 heteroatoms. The summed E-state index contributed by atoms with van der Waals surface area (Å²) in [7, 11) is 1.55. The van der Waals surface area contributed by atoms with Crippen molar-refractivity contribution >= 4 is 21.8 Å². The molecule has 100 valence electrons. The van der Waals surface area contributed by atoms with Crippen LogP contribution in [0.15, 0.2) is 22.7 Å². The lowest BCUT2D eigenvalue weighted by Gasteiger charge is -2.21. The number of hydrogen-bond acceptors (Lipinski definition) is 3. The molecule has 0 radical (unpaired) electrons. The third-order valence-electron chi connectivity index (χ3n) is 2.43. The number of rotatable bonds is 6. The maximum Gasteiger partial charge on any atom is 0.239 e. The topological polar surface area (TPSA) is 64.3 Å². The second-order valence-electron chi connectivity index (χ2n) is 4.02. The molecule has 1 aromatic rings. The van der Waals surface area contributed by atoms with Crippen LogP contribution in [0.2, 0.25) is 0 Å². The van der Waals surface area contributed by atoms with Gasteiger partial charge in [0.2, 0.25) is 5.91 Å². The lowest BCUT2D eigenvalue weighted by atomic mass is 10.0. The molecule has 0 aliphatic carbocycles. The molecule has 0 saturated heterocycles. The van der Waals surface area contributed by atoms with Crippen LogP contribution >= 0.6 is 15.9 Å². The first kappa shape index (κ1) is 15.1. The minimum Gasteiger partial charge on any atom is -0.383 e. The molecular formula is C12H16BrFN2O2. The number of carbonyl (C=O) groups is 1. The van der Waals surface area contributed by atoms with E-state index in [4.69, 9.17) is 10.5 Å². The van der Waals surface area contributed by atoms with Crippen molar-refractivity contribution in [1.29, 1.82) is 0 Å². The van der Waals surface area contributed by atoms with E-state index in [2.05, 4.69) is 21.2 Å². The molecule has 3 N–H and O–H groups in total. The zero-order valence-electron chi connectivity index (χ0n) is 10.2. The number of hydrogen-bond donors (Lipinski definition) is 2. The van der Waals surface area contributed by atoms with E-state index in [1.165, 1.54) is 12.1 Å². The van der Waals surface area contributed by atoms with Crippen molar-refractivity contribution in [1.82, 2.24) is 5.32 Å². The van der Waals surface area contributed by atoms with Crippen molar-refractivity contribution in [2.24, 2.45) is 5.73 Å². The van der Waals surface area contributed by atoms with E-state index in [9.17, 15) is 9.18 Å². The number of nitrogens with two attached hydrogens (primary N) is 1. The van der Waals surface area contributed by atoms with Crippen molar-refractivity contribution in [3.8, 4) is 0 Å². The Balaban J connectivity index is 2.94. The quantitative estimate of drug-likeness (QED) is 0.839. The van der Waals surface area contributed by atoms with Crippen LogP contribution in [0, 0.1) is 5.82 Å². The van der Waals surface area contributed by atoms with E-state index >= 15 is 0 Å². The molecule has 0 bridgehead atoms. The molecule has 2 atom stereocenters. The van der Waals surface area contributed by atoms with Crippen LogP contribution in [-0.2, 0) is 9.53 Å². The summed E-state index contributed by atoms with van der Waals surface area (Å²) in [5.41, 5.74) is 5.53. The summed E-state index contributed by atoms with van der Waals surface area (Å²) in [4.78, 5) is 11.4. The van der Waals surface area contributed by atoms with E-state index < -0.39 is 17.8 Å². The van der Waals surface area contributed by atoms with Crippen molar-refractivity contribution in [3.05, 3.63) is 34.1 Å². The van der Waals surface area contributed by atoms with Crippen LogP contribution in [-0.4, -0.2) is 25.7 Å². The van der Waals surface area contributed by atoms with Crippen LogP contribution in [0.25, 0.3) is 0 Å². The monoisotopic (exact) mass is 318 g/mol. The lowest BCUT2D eigenvalue weighted by Crippen LogP contribution is -2.41. The average Bonchev–Trinajstić information content (AvgIpc) is 2.27. The van der Waals surface area contributed by atoms with Gasteiger partial charge in [-0.3, -0.25) is 10.1 Å². The molecule has 0 heterocycles. The largest absolute Gasteiger partial charge is 0.383 e. The average molecular weight is 319 g/mol. The van der Waals surface area contributed by atoms with Crippen LogP contribution in [0.3, 0.4) is 0 Å². The van der Waals surface area contributed by atoms with Gasteiger partial charge in [0.1, 0.15) is 11.9 Å². The Labute approximate surface area is 114 Å². The zero-order chi connectivity index (χ0) is 13.7. The van der Waals surface area contributed by atoms with Crippen LogP contribution < -0.4 is 11.1 Å². The standard InChI is InChI=1S/C12H16BrFN2O2/c1-7(6-18-2)16-11(12(15)17)9-4-3-8(13)5-10(9)14/h3-5,7,11,16H,6H2,1-2H3,(H2,15,17)/t7-,11+/m0/s1. The normalized spacial score (nSPS) is 14.2. The van der Waals surface area contributed by atoms with E-state index in [0.29, 0.717) is 11.1 Å². The molecular weight excluding hydrogens is 303 g/mol. The van der Waals surface area contributed by atoms with Crippen molar-refractivity contribution < 1.29 is 13.9 Å². The van der Waals surface area contributed by atoms with Gasteiger partial charge in [-0.25, -0.2) is 4.39 Å². The lowest BCUT2D eigenvalue weighted by molar-refractivity contribution is -0.120. The Kier molecular flexibility index (Phi) is 5.71. The molecule has 1 amide bonds. The molecule has 0 unspecified atom stereocenters. The number of nitrogens with one attached hydrogen (secondary N) is 1. The van der Waals surface area contributed by atoms with Crippen molar-refractivity contribution in [2.45, 2.75) is 19.0 Å². The highest BCUT2D eigenvalue weighted by Gasteiger charge is 2.22. The molecule has 0 saturated carbocycles. The van der Waals surface area contributed by atoms with Gasteiger partial charge in [-0.05, 0) is 19.1 Å². The second kappa shape index (κ2) is 6.82. The Morgan fingerprint density at radius 1 is 1.61 bits per heavy atom. The molecule has 0 aliphatic heterocycles. The number of benzene rings is 1. The van der Waals surface area contributed by atoms with Crippen molar-refractivity contribution in [2.75, 3.05) is 13.7 Å². The Morgan fingerprint density at radius 2 is 2.28 bits per heavy atom. The minimum absolute atomic E-state index is 0.115. The third kappa shape index (κ3) is 4.04. The maximum absolute atomic E-state index is 13.8. The minimum atomic E-state index is -0.872. The molecule has 18 heavy (non-hydrogen) atoms. The van der Waals surface area contributed by atoms with E-state index in [-0.39, 0.29) is 11.6 Å². The van der Waals surface area contributed by atoms with Gasteiger partial charge in [0.15, 0.2) is 0 Å². The predicted molar refractivity (Wildman–Crippen MR) is 70.5 cm³/mol. The SMILES string of the molecule is COC[C@H](C)N[C@@H](C(N)=O)c1ccc(Br)cc1F. The maximum atomic E-state index is 13.8. The first-order valence-electron chi connectivity index (χ1n) is 5.45. The number of primary amides is 1. The Hall–Kier alpha value is -0.980. The summed E-state index contributed by atoms with van der Waals surface area (Å²) < 4.78 is 19.3. The summed E-state index contributed by atoms with van der Waals surface area (Å²) in [5, 5.41) is 2.94. The molecule has 0 aliphatic rings. The summed E-state index contributed by atoms with van der Waals surface area (Å²) in [6, 6.07) is 3.51. The molecule has 0 aromatic heterocycles. The molecule has 0 spiro atoms. The first-order chi connectivity index (χ1) is 8.45. The zero-order valence-corrected chi connectivity index (χ0v) is 11.8. The predicted octanol–water partition coefficient (Wildman–Crippen LogP) is 1.74. The fraction of sp³-hybridized carbons (Fsp3) is 0.417. The second-order valence-corrected chi connectivity index (χ2v) is 4.94. The number of ether oxygens (including phenoxy) is 1. The van der Waals surface area contributed by atoms with Gasteiger partial charge < -0.3 is 10.5 Å². The summed E-state index contributed by atoms with van der Waals surface area (Å²) in [6.45, 7) is 2.23. The number of carbonyl (C=O) groups excluding carboxylic acids is 1. The van der Waals surface area contributed by atoms with Gasteiger partial charge in [0.25, 0.3) is 0 Å². The van der Waals surface area contributed by atoms with Gasteiger partial charge in [0.05, 0.1) is 6.61 Å². The fourth-order valence-corrected chi connectivity index (χ4v) is 1.98. The van der Waals surface area contributed by atoms with Gasteiger partial charge in [0, 0.05) is 23.2 Å². The van der Waals surface area contributed by atoms with E-state index in [1.54, 1.807) is 13.2 Å². The van der Waals surface area contributed by atoms with Gasteiger partial charge >= 0.3 is 0 Å². The van der Waals surface area contributed by atoms with Crippen LogP contribution in [0.4, 0.5) is 4.39 Å². The van der Waals surface area contributed by atoms with Gasteiger partial charge in [-0.1, -0.05) is 22.0 Å².